The molecular weight excluding hydrogens is 202 g/mol. The maximum atomic E-state index is 11.5. The standard InChI is InChI=1S/C9H7NO3S/c1-12-5-3-2-4-6-7(5)8(11)10-9(14)13-6/h2-4H,1H3,(H,10,11,14). The Morgan fingerprint density at radius 2 is 2.29 bits per heavy atom. The number of nitrogens with one attached hydrogen (secondary N) is 1. The molecule has 0 spiro atoms. The third-order valence-electron chi connectivity index (χ3n) is 1.85. The van der Waals surface area contributed by atoms with Gasteiger partial charge in [-0.2, -0.15) is 0 Å². The van der Waals surface area contributed by atoms with Crippen molar-refractivity contribution in [3.63, 3.8) is 0 Å². The molecule has 0 aliphatic rings. The third-order valence-corrected chi connectivity index (χ3v) is 2.04. The quantitative estimate of drug-likeness (QED) is 0.728. The zero-order valence-corrected chi connectivity index (χ0v) is 8.18. The molecule has 0 amide bonds. The van der Waals surface area contributed by atoms with Gasteiger partial charge < -0.3 is 9.15 Å². The van der Waals surface area contributed by atoms with E-state index < -0.39 is 0 Å². The minimum atomic E-state index is -0.297. The Hall–Kier alpha value is -1.62. The molecule has 0 atom stereocenters. The van der Waals surface area contributed by atoms with Crippen molar-refractivity contribution in [2.75, 3.05) is 7.11 Å². The molecule has 0 unspecified atom stereocenters. The second-order valence-electron chi connectivity index (χ2n) is 2.68. The molecule has 1 aromatic heterocycles. The number of rotatable bonds is 1. The van der Waals surface area contributed by atoms with Gasteiger partial charge in [-0.05, 0) is 24.4 Å². The second-order valence-corrected chi connectivity index (χ2v) is 3.05. The molecule has 2 rings (SSSR count). The highest BCUT2D eigenvalue weighted by Gasteiger charge is 2.06. The molecule has 4 nitrogen and oxygen atoms in total. The highest BCUT2D eigenvalue weighted by atomic mass is 32.1. The number of ether oxygens (including phenoxy) is 1. The van der Waals surface area contributed by atoms with Gasteiger partial charge in [-0.1, -0.05) is 6.07 Å². The largest absolute Gasteiger partial charge is 0.496 e. The minimum absolute atomic E-state index is 0.0655. The van der Waals surface area contributed by atoms with Crippen molar-refractivity contribution in [2.24, 2.45) is 0 Å². The lowest BCUT2D eigenvalue weighted by molar-refractivity contribution is 0.418. The molecule has 1 aromatic carbocycles. The van der Waals surface area contributed by atoms with E-state index in [2.05, 4.69) is 4.98 Å². The van der Waals surface area contributed by atoms with Crippen LogP contribution in [-0.4, -0.2) is 12.1 Å². The molecule has 72 valence electrons. The first kappa shape index (κ1) is 8.96. The molecular formula is C9H7NO3S. The molecule has 0 saturated heterocycles. The van der Waals surface area contributed by atoms with Crippen molar-refractivity contribution in [1.82, 2.24) is 4.98 Å². The lowest BCUT2D eigenvalue weighted by Gasteiger charge is -2.01. The number of hydrogen-bond acceptors (Lipinski definition) is 4. The lowest BCUT2D eigenvalue weighted by Crippen LogP contribution is -2.06. The van der Waals surface area contributed by atoms with Gasteiger partial charge in [-0.25, -0.2) is 0 Å². The van der Waals surface area contributed by atoms with Crippen LogP contribution in [0.25, 0.3) is 11.0 Å². The van der Waals surface area contributed by atoms with Crippen LogP contribution in [0, 0.1) is 4.84 Å². The van der Waals surface area contributed by atoms with Gasteiger partial charge in [0.05, 0.1) is 7.11 Å². The first-order valence-electron chi connectivity index (χ1n) is 3.92. The van der Waals surface area contributed by atoms with Crippen molar-refractivity contribution in [3.05, 3.63) is 33.4 Å². The highest BCUT2D eigenvalue weighted by Crippen LogP contribution is 2.20. The molecule has 0 aliphatic heterocycles. The Morgan fingerprint density at radius 3 is 3.00 bits per heavy atom. The Bertz CT molecular complexity index is 584. The van der Waals surface area contributed by atoms with E-state index in [1.165, 1.54) is 7.11 Å². The van der Waals surface area contributed by atoms with Gasteiger partial charge >= 0.3 is 0 Å². The summed E-state index contributed by atoms with van der Waals surface area (Å²) in [5, 5.41) is 0.378. The minimum Gasteiger partial charge on any atom is -0.496 e. The molecule has 0 bridgehead atoms. The van der Waals surface area contributed by atoms with Crippen LogP contribution in [-0.2, 0) is 0 Å². The number of hydrogen-bond donors (Lipinski definition) is 1. The summed E-state index contributed by atoms with van der Waals surface area (Å²) >= 11 is 4.74. The Morgan fingerprint density at radius 1 is 1.50 bits per heavy atom. The van der Waals surface area contributed by atoms with Gasteiger partial charge in [-0.3, -0.25) is 9.78 Å². The number of benzene rings is 1. The van der Waals surface area contributed by atoms with E-state index >= 15 is 0 Å². The average Bonchev–Trinajstić information content (AvgIpc) is 2.16. The van der Waals surface area contributed by atoms with E-state index in [0.29, 0.717) is 16.7 Å². The number of aromatic nitrogens is 1. The molecule has 1 heterocycles. The summed E-state index contributed by atoms with van der Waals surface area (Å²) in [6, 6.07) is 5.10. The van der Waals surface area contributed by atoms with E-state index in [0.717, 1.165) is 0 Å². The van der Waals surface area contributed by atoms with Gasteiger partial charge in [0.25, 0.3) is 10.4 Å². The zero-order chi connectivity index (χ0) is 10.1. The summed E-state index contributed by atoms with van der Waals surface area (Å²) in [5.74, 6) is 0.475. The first-order valence-corrected chi connectivity index (χ1v) is 4.33. The molecule has 2 aromatic rings. The smallest absolute Gasteiger partial charge is 0.269 e. The molecule has 0 saturated carbocycles. The third kappa shape index (κ3) is 1.31. The molecule has 0 fully saturated rings. The van der Waals surface area contributed by atoms with Gasteiger partial charge in [0.15, 0.2) is 0 Å². The van der Waals surface area contributed by atoms with Gasteiger partial charge in [0, 0.05) is 0 Å². The Labute approximate surface area is 84.1 Å². The fraction of sp³-hybridized carbons (Fsp3) is 0.111. The van der Waals surface area contributed by atoms with Crippen LogP contribution in [0.1, 0.15) is 0 Å². The van der Waals surface area contributed by atoms with Crippen LogP contribution in [0.15, 0.2) is 27.4 Å². The monoisotopic (exact) mass is 209 g/mol. The van der Waals surface area contributed by atoms with Crippen LogP contribution in [0.2, 0.25) is 0 Å². The number of aromatic amines is 1. The summed E-state index contributed by atoms with van der Waals surface area (Å²) in [6.45, 7) is 0. The summed E-state index contributed by atoms with van der Waals surface area (Å²) < 4.78 is 10.2. The summed E-state index contributed by atoms with van der Waals surface area (Å²) in [5.41, 5.74) is 0.131. The molecule has 0 aliphatic carbocycles. The van der Waals surface area contributed by atoms with Crippen molar-refractivity contribution in [2.45, 2.75) is 0 Å². The van der Waals surface area contributed by atoms with Crippen LogP contribution < -0.4 is 10.3 Å². The van der Waals surface area contributed by atoms with Crippen LogP contribution in [0.4, 0.5) is 0 Å². The fourth-order valence-corrected chi connectivity index (χ4v) is 1.45. The van der Waals surface area contributed by atoms with Gasteiger partial charge in [-0.15, -0.1) is 0 Å². The van der Waals surface area contributed by atoms with E-state index in [1.807, 2.05) is 0 Å². The molecule has 5 heteroatoms. The molecule has 1 N–H and O–H groups in total. The average molecular weight is 209 g/mol. The Balaban J connectivity index is 3.02. The maximum Gasteiger partial charge on any atom is 0.269 e. The summed E-state index contributed by atoms with van der Waals surface area (Å²) in [6.07, 6.45) is 0. The number of H-pyrrole nitrogens is 1. The predicted octanol–water partition coefficient (Wildman–Crippen LogP) is 1.86. The summed E-state index contributed by atoms with van der Waals surface area (Å²) in [7, 11) is 1.50. The second kappa shape index (κ2) is 3.26. The SMILES string of the molecule is COc1cccc2oc(=S)[nH]c(=O)c12. The maximum absolute atomic E-state index is 11.5. The zero-order valence-electron chi connectivity index (χ0n) is 7.37. The van der Waals surface area contributed by atoms with Crippen molar-refractivity contribution in [3.8, 4) is 5.75 Å². The summed E-state index contributed by atoms with van der Waals surface area (Å²) in [4.78, 5) is 14.0. The van der Waals surface area contributed by atoms with E-state index in [4.69, 9.17) is 21.4 Å². The van der Waals surface area contributed by atoms with Gasteiger partial charge in [0.2, 0.25) is 0 Å². The van der Waals surface area contributed by atoms with E-state index in [-0.39, 0.29) is 10.4 Å². The first-order chi connectivity index (χ1) is 6.72. The van der Waals surface area contributed by atoms with Crippen LogP contribution >= 0.6 is 12.2 Å². The lowest BCUT2D eigenvalue weighted by atomic mass is 10.2. The molecule has 0 radical (unpaired) electrons. The fourth-order valence-electron chi connectivity index (χ4n) is 1.27. The van der Waals surface area contributed by atoms with E-state index in [9.17, 15) is 4.79 Å². The number of fused-ring (bicyclic) bond motifs is 1. The van der Waals surface area contributed by atoms with Crippen LogP contribution in [0.5, 0.6) is 5.75 Å². The Kier molecular flexibility index (Phi) is 2.09. The molecule has 14 heavy (non-hydrogen) atoms. The van der Waals surface area contributed by atoms with Crippen molar-refractivity contribution >= 4 is 23.2 Å². The van der Waals surface area contributed by atoms with Crippen molar-refractivity contribution < 1.29 is 9.15 Å². The van der Waals surface area contributed by atoms with Crippen molar-refractivity contribution in [1.29, 1.82) is 0 Å². The topological polar surface area (TPSA) is 55.2 Å². The van der Waals surface area contributed by atoms with Gasteiger partial charge in [0.1, 0.15) is 16.7 Å². The normalized spacial score (nSPS) is 10.4. The predicted molar refractivity (Wildman–Crippen MR) is 54.2 cm³/mol. The highest BCUT2D eigenvalue weighted by molar-refractivity contribution is 7.71. The van der Waals surface area contributed by atoms with E-state index in [1.54, 1.807) is 18.2 Å². The van der Waals surface area contributed by atoms with Crippen LogP contribution in [0.3, 0.4) is 0 Å². The number of methoxy groups -OCH3 is 1.